The van der Waals surface area contributed by atoms with Gasteiger partial charge in [0.2, 0.25) is 0 Å². The summed E-state index contributed by atoms with van der Waals surface area (Å²) >= 11 is 0. The molecule has 3 nitrogen and oxygen atoms in total. The van der Waals surface area contributed by atoms with E-state index < -0.39 is 0 Å². The van der Waals surface area contributed by atoms with E-state index in [1.165, 1.54) is 12.8 Å². The average Bonchev–Trinajstić information content (AvgIpc) is 2.11. The fourth-order valence-corrected chi connectivity index (χ4v) is 1.94. The Labute approximate surface area is 102 Å². The minimum Gasteiger partial charge on any atom is -0.329 e. The topological polar surface area (TPSA) is 32.5 Å². The maximum Gasteiger partial charge on any atom is 0.0220 e. The van der Waals surface area contributed by atoms with Crippen molar-refractivity contribution in [3.8, 4) is 0 Å². The van der Waals surface area contributed by atoms with E-state index in [-0.39, 0.29) is 0 Å². The van der Waals surface area contributed by atoms with Crippen LogP contribution in [0.25, 0.3) is 0 Å². The Balaban J connectivity index is 3.96. The lowest BCUT2D eigenvalue weighted by Crippen LogP contribution is -2.41. The van der Waals surface area contributed by atoms with Gasteiger partial charge >= 0.3 is 0 Å². The Bertz CT molecular complexity index is 173. The highest BCUT2D eigenvalue weighted by Gasteiger charge is 2.20. The summed E-state index contributed by atoms with van der Waals surface area (Å²) < 4.78 is 0. The summed E-state index contributed by atoms with van der Waals surface area (Å²) in [5, 5.41) is 0. The van der Waals surface area contributed by atoms with Gasteiger partial charge in [-0.3, -0.25) is 0 Å². The molecule has 1 unspecified atom stereocenters. The lowest BCUT2D eigenvalue weighted by Gasteiger charge is -2.32. The van der Waals surface area contributed by atoms with Crippen LogP contribution in [0.2, 0.25) is 0 Å². The molecule has 0 aromatic heterocycles. The summed E-state index contributed by atoms with van der Waals surface area (Å²) in [6, 6.07) is 0.516. The molecule has 16 heavy (non-hydrogen) atoms. The van der Waals surface area contributed by atoms with Crippen molar-refractivity contribution in [3.63, 3.8) is 0 Å². The number of nitrogens with zero attached hydrogens (tertiary/aromatic N) is 2. The average molecular weight is 229 g/mol. The predicted octanol–water partition coefficient (Wildman–Crippen LogP) is 1.63. The molecule has 3 heteroatoms. The van der Waals surface area contributed by atoms with Crippen molar-refractivity contribution in [2.45, 2.75) is 39.7 Å². The van der Waals surface area contributed by atoms with Crippen LogP contribution in [0.15, 0.2) is 0 Å². The molecule has 0 heterocycles. The Morgan fingerprint density at radius 1 is 1.06 bits per heavy atom. The van der Waals surface area contributed by atoms with Crippen LogP contribution in [-0.2, 0) is 0 Å². The molecular weight excluding hydrogens is 198 g/mol. The molecule has 0 aromatic rings. The Morgan fingerprint density at radius 3 is 2.00 bits per heavy atom. The van der Waals surface area contributed by atoms with Crippen LogP contribution >= 0.6 is 0 Å². The van der Waals surface area contributed by atoms with Gasteiger partial charge in [0, 0.05) is 12.6 Å². The molecule has 0 radical (unpaired) electrons. The summed E-state index contributed by atoms with van der Waals surface area (Å²) in [6.45, 7) is 9.89. The maximum atomic E-state index is 5.86. The molecule has 0 fully saturated rings. The van der Waals surface area contributed by atoms with Crippen molar-refractivity contribution in [1.82, 2.24) is 9.80 Å². The van der Waals surface area contributed by atoms with Gasteiger partial charge in [0.25, 0.3) is 0 Å². The minimum absolute atomic E-state index is 0.361. The van der Waals surface area contributed by atoms with Crippen LogP contribution in [0.1, 0.15) is 33.6 Å². The van der Waals surface area contributed by atoms with E-state index in [0.717, 1.165) is 19.6 Å². The first-order chi connectivity index (χ1) is 7.26. The molecule has 0 aliphatic carbocycles. The van der Waals surface area contributed by atoms with Crippen LogP contribution in [0.5, 0.6) is 0 Å². The Hall–Kier alpha value is -0.120. The van der Waals surface area contributed by atoms with Crippen molar-refractivity contribution < 1.29 is 0 Å². The first-order valence-electron chi connectivity index (χ1n) is 6.31. The second kappa shape index (κ2) is 7.25. The third-order valence-corrected chi connectivity index (χ3v) is 2.86. The van der Waals surface area contributed by atoms with Gasteiger partial charge in [-0.2, -0.15) is 0 Å². The summed E-state index contributed by atoms with van der Waals surface area (Å²) in [6.07, 6.45) is 2.38. The minimum atomic E-state index is 0.361. The van der Waals surface area contributed by atoms with Crippen molar-refractivity contribution in [1.29, 1.82) is 0 Å². The van der Waals surface area contributed by atoms with Gasteiger partial charge in [-0.15, -0.1) is 0 Å². The molecule has 0 amide bonds. The van der Waals surface area contributed by atoms with Crippen LogP contribution in [0, 0.1) is 5.41 Å². The molecule has 2 N–H and O–H groups in total. The zero-order valence-corrected chi connectivity index (χ0v) is 12.1. The highest BCUT2D eigenvalue weighted by Crippen LogP contribution is 2.22. The van der Waals surface area contributed by atoms with Gasteiger partial charge in [0.05, 0.1) is 0 Å². The second-order valence-corrected chi connectivity index (χ2v) is 6.29. The van der Waals surface area contributed by atoms with E-state index in [0.29, 0.717) is 11.5 Å². The van der Waals surface area contributed by atoms with E-state index in [1.807, 2.05) is 0 Å². The molecule has 0 saturated heterocycles. The number of rotatable bonds is 7. The quantitative estimate of drug-likeness (QED) is 0.720. The van der Waals surface area contributed by atoms with Crippen LogP contribution in [-0.4, -0.2) is 56.6 Å². The lowest BCUT2D eigenvalue weighted by molar-refractivity contribution is 0.177. The van der Waals surface area contributed by atoms with E-state index in [4.69, 9.17) is 5.73 Å². The summed E-state index contributed by atoms with van der Waals surface area (Å²) in [5.74, 6) is 0. The van der Waals surface area contributed by atoms with Gasteiger partial charge in [-0.1, -0.05) is 20.8 Å². The largest absolute Gasteiger partial charge is 0.329 e. The third kappa shape index (κ3) is 8.08. The van der Waals surface area contributed by atoms with E-state index >= 15 is 0 Å². The van der Waals surface area contributed by atoms with Gasteiger partial charge in [0.1, 0.15) is 0 Å². The molecule has 0 aliphatic heterocycles. The Kier molecular flexibility index (Phi) is 7.20. The smallest absolute Gasteiger partial charge is 0.0220 e. The molecule has 0 aromatic carbocycles. The van der Waals surface area contributed by atoms with Gasteiger partial charge in [-0.05, 0) is 52.5 Å². The lowest BCUT2D eigenvalue weighted by atomic mass is 9.87. The summed E-state index contributed by atoms with van der Waals surface area (Å²) in [7, 11) is 6.43. The number of likely N-dealkylation sites (N-methyl/N-ethyl adjacent to an activating group) is 1. The van der Waals surface area contributed by atoms with Crippen LogP contribution < -0.4 is 5.73 Å². The Morgan fingerprint density at radius 2 is 1.62 bits per heavy atom. The molecule has 0 bridgehead atoms. The van der Waals surface area contributed by atoms with E-state index in [2.05, 4.69) is 51.7 Å². The highest BCUT2D eigenvalue weighted by atomic mass is 15.1. The monoisotopic (exact) mass is 229 g/mol. The normalized spacial score (nSPS) is 14.8. The van der Waals surface area contributed by atoms with Crippen molar-refractivity contribution in [3.05, 3.63) is 0 Å². The standard InChI is InChI=1S/C13H31N3/c1-13(2,3)10-12(11-14)16(6)9-7-8-15(4)5/h12H,7-11,14H2,1-6H3. The van der Waals surface area contributed by atoms with Crippen LogP contribution in [0.4, 0.5) is 0 Å². The van der Waals surface area contributed by atoms with E-state index in [9.17, 15) is 0 Å². The molecule has 0 rings (SSSR count). The first-order valence-corrected chi connectivity index (χ1v) is 6.31. The highest BCUT2D eigenvalue weighted by molar-refractivity contribution is 4.76. The number of hydrogen-bond acceptors (Lipinski definition) is 3. The second-order valence-electron chi connectivity index (χ2n) is 6.29. The van der Waals surface area contributed by atoms with Crippen molar-refractivity contribution in [2.24, 2.45) is 11.1 Å². The van der Waals surface area contributed by atoms with Gasteiger partial charge in [0.15, 0.2) is 0 Å². The van der Waals surface area contributed by atoms with Gasteiger partial charge < -0.3 is 15.5 Å². The fourth-order valence-electron chi connectivity index (χ4n) is 1.94. The zero-order valence-electron chi connectivity index (χ0n) is 12.1. The molecular formula is C13H31N3. The molecule has 0 aliphatic rings. The van der Waals surface area contributed by atoms with Crippen molar-refractivity contribution >= 4 is 0 Å². The van der Waals surface area contributed by atoms with Crippen LogP contribution in [0.3, 0.4) is 0 Å². The molecule has 98 valence electrons. The molecule has 1 atom stereocenters. The zero-order chi connectivity index (χ0) is 12.8. The fraction of sp³-hybridized carbons (Fsp3) is 1.00. The molecule has 0 spiro atoms. The van der Waals surface area contributed by atoms with Gasteiger partial charge in [-0.25, -0.2) is 0 Å². The third-order valence-electron chi connectivity index (χ3n) is 2.86. The number of hydrogen-bond donors (Lipinski definition) is 1. The number of nitrogens with two attached hydrogens (primary N) is 1. The first kappa shape index (κ1) is 15.9. The summed E-state index contributed by atoms with van der Waals surface area (Å²) in [5.41, 5.74) is 6.22. The SMILES string of the molecule is CN(C)CCCN(C)C(CN)CC(C)(C)C. The van der Waals surface area contributed by atoms with E-state index in [1.54, 1.807) is 0 Å². The summed E-state index contributed by atoms with van der Waals surface area (Å²) in [4.78, 5) is 4.64. The predicted molar refractivity (Wildman–Crippen MR) is 72.7 cm³/mol. The molecule has 0 saturated carbocycles. The maximum absolute atomic E-state index is 5.86. The van der Waals surface area contributed by atoms with Crippen molar-refractivity contribution in [2.75, 3.05) is 40.8 Å².